The van der Waals surface area contributed by atoms with E-state index < -0.39 is 96.3 Å². The van der Waals surface area contributed by atoms with Crippen molar-refractivity contribution in [1.82, 2.24) is 4.90 Å². The Balaban J connectivity index is 1.84. The van der Waals surface area contributed by atoms with Gasteiger partial charge in [-0.15, -0.1) is 0 Å². The first kappa shape index (κ1) is 51.4. The molecule has 0 aromatic rings. The number of allylic oxidation sites excluding steroid dienone is 3. The third-order valence-electron chi connectivity index (χ3n) is 13.6. The number of aliphatic hydroxyl groups excluding tert-OH is 4. The lowest BCUT2D eigenvalue weighted by molar-refractivity contribution is -0.289. The molecule has 0 unspecified atom stereocenters. The summed E-state index contributed by atoms with van der Waals surface area (Å²) >= 11 is 0. The van der Waals surface area contributed by atoms with Crippen molar-refractivity contribution in [2.45, 2.75) is 161 Å². The maximum Gasteiger partial charge on any atom is 0.344 e. The van der Waals surface area contributed by atoms with Crippen LogP contribution in [-0.2, 0) is 38.2 Å². The van der Waals surface area contributed by atoms with Gasteiger partial charge in [-0.2, -0.15) is 0 Å². The van der Waals surface area contributed by atoms with E-state index in [0.29, 0.717) is 62.7 Å². The topological polar surface area (TPSA) is 242 Å². The van der Waals surface area contributed by atoms with Crippen molar-refractivity contribution in [1.29, 1.82) is 0 Å². The lowest BCUT2D eigenvalue weighted by Crippen LogP contribution is -2.63. The van der Waals surface area contributed by atoms with Crippen molar-refractivity contribution < 1.29 is 68.9 Å². The molecule has 1 aliphatic carbocycles. The van der Waals surface area contributed by atoms with Crippen LogP contribution in [0, 0.1) is 41.4 Å². The highest BCUT2D eigenvalue weighted by Crippen LogP contribution is 2.42. The number of ketones is 1. The first-order chi connectivity index (χ1) is 29.4. The van der Waals surface area contributed by atoms with E-state index in [1.165, 1.54) is 0 Å². The molecular formula is C46H74N2O14. The van der Waals surface area contributed by atoms with E-state index >= 15 is 0 Å². The smallest absolute Gasteiger partial charge is 0.344 e. The maximum atomic E-state index is 14.5. The van der Waals surface area contributed by atoms with E-state index in [1.807, 2.05) is 32.9 Å². The zero-order chi connectivity index (χ0) is 45.9. The number of amides is 1. The minimum atomic E-state index is -2.59. The van der Waals surface area contributed by atoms with Crippen LogP contribution in [0.15, 0.2) is 28.5 Å². The number of carbonyl (C=O) groups excluding carboxylic acids is 3. The van der Waals surface area contributed by atoms with Gasteiger partial charge >= 0.3 is 11.9 Å². The number of carboxylic acid groups (broad SMARTS) is 1. The van der Waals surface area contributed by atoms with Crippen molar-refractivity contribution >= 4 is 29.3 Å². The van der Waals surface area contributed by atoms with Crippen LogP contribution in [0.2, 0.25) is 0 Å². The van der Waals surface area contributed by atoms with Gasteiger partial charge in [-0.3, -0.25) is 9.59 Å². The summed E-state index contributed by atoms with van der Waals surface area (Å²) < 4.78 is 18.1. The molecule has 1 saturated carbocycles. The Hall–Kier alpha value is -3.25. The molecule has 0 aromatic carbocycles. The molecule has 0 spiro atoms. The van der Waals surface area contributed by atoms with Crippen LogP contribution in [0.4, 0.5) is 0 Å². The third-order valence-corrected chi connectivity index (χ3v) is 13.6. The second-order valence-electron chi connectivity index (χ2n) is 18.7. The number of carbonyl (C=O) groups is 4. The number of methoxy groups -OCH3 is 1. The molecule has 4 aliphatic rings. The zero-order valence-corrected chi connectivity index (χ0v) is 37.8. The second kappa shape index (κ2) is 23.6. The number of cyclic esters (lactones) is 1. The first-order valence-electron chi connectivity index (χ1n) is 22.7. The Morgan fingerprint density at radius 2 is 1.69 bits per heavy atom. The lowest BCUT2D eigenvalue weighted by atomic mass is 9.75. The summed E-state index contributed by atoms with van der Waals surface area (Å²) in [6, 6.07) is -1.20. The summed E-state index contributed by atoms with van der Waals surface area (Å²) in [5.41, 5.74) is 1.99. The van der Waals surface area contributed by atoms with Crippen LogP contribution >= 0.6 is 0 Å². The van der Waals surface area contributed by atoms with Gasteiger partial charge in [0.05, 0.1) is 30.1 Å². The molecule has 3 fully saturated rings. The number of esters is 1. The predicted molar refractivity (Wildman–Crippen MR) is 228 cm³/mol. The number of aliphatic hydroxyl groups is 5. The van der Waals surface area contributed by atoms with E-state index in [1.54, 1.807) is 27.9 Å². The predicted octanol–water partition coefficient (Wildman–Crippen LogP) is 3.94. The van der Waals surface area contributed by atoms with Crippen LogP contribution in [0.1, 0.15) is 119 Å². The largest absolute Gasteiger partial charge is 0.479 e. The molecule has 4 rings (SSSR count). The second-order valence-corrected chi connectivity index (χ2v) is 18.7. The molecule has 3 heterocycles. The van der Waals surface area contributed by atoms with E-state index in [4.69, 9.17) is 19.0 Å². The number of oxime groups is 1. The van der Waals surface area contributed by atoms with Crippen molar-refractivity contribution in [2.24, 2.45) is 46.6 Å². The number of aliphatic carboxylic acids is 1. The van der Waals surface area contributed by atoms with Crippen LogP contribution in [-0.4, -0.2) is 141 Å². The number of ether oxygens (including phenoxy) is 3. The first-order valence-corrected chi connectivity index (χ1v) is 22.7. The molecule has 0 radical (unpaired) electrons. The van der Waals surface area contributed by atoms with E-state index in [-0.39, 0.29) is 56.8 Å². The average Bonchev–Trinajstić information content (AvgIpc) is 3.24. The average molecular weight is 879 g/mol. The molecule has 16 heteroatoms. The molecule has 2 bridgehead atoms. The van der Waals surface area contributed by atoms with Crippen molar-refractivity contribution in [3.63, 3.8) is 0 Å². The fourth-order valence-electron chi connectivity index (χ4n) is 10.2. The number of fused-ring (bicyclic) bond motifs is 3. The fourth-order valence-corrected chi connectivity index (χ4v) is 10.2. The number of hydrogen-bond donors (Lipinski definition) is 6. The minimum Gasteiger partial charge on any atom is -0.479 e. The normalized spacial score (nSPS) is 39.2. The molecule has 16 nitrogen and oxygen atoms in total. The van der Waals surface area contributed by atoms with Crippen LogP contribution in [0.3, 0.4) is 0 Å². The molecule has 352 valence electrons. The standard InChI is InChI=1S/C46H74N2O14/c1-8-11-32-17-26(2)16-27(3)18-33(23-49)42-34(24-50)20-29(5)46(58,62-42)43(55)44(56)48-15-10-9-12-36(48)45(57)61-41(28(4)19-31-13-14-37(51)39(21-31)59-7)30(6)38(52)22-35(32)47-60-25-40(53)54/h17,19,27,29-34,36-39,41-42,49-52,58H,8-16,18,20-25H2,1-7H3,(H,53,54)/b26-17+,28-19+,47-35+/t27-,29+,30+,31-,32+,33+,34+,36-,37+,38-,39+,41+,42+,46+/m0/s1. The fraction of sp³-hybridized carbons (Fsp3) is 0.804. The molecule has 3 aliphatic heterocycles. The van der Waals surface area contributed by atoms with Gasteiger partial charge in [-0.25, -0.2) is 9.59 Å². The summed E-state index contributed by atoms with van der Waals surface area (Å²) in [5, 5.41) is 69.5. The van der Waals surface area contributed by atoms with Gasteiger partial charge < -0.3 is 54.6 Å². The van der Waals surface area contributed by atoms with Gasteiger partial charge in [0.2, 0.25) is 12.4 Å². The number of nitrogens with zero attached hydrogens (tertiary/aromatic N) is 2. The quantitative estimate of drug-likeness (QED) is 0.0789. The summed E-state index contributed by atoms with van der Waals surface area (Å²) in [7, 11) is 1.55. The number of hydrogen-bond acceptors (Lipinski definition) is 14. The number of piperidine rings is 1. The SMILES string of the molecule is CCC[C@@H]1/C=C(\C)C[C@H](C)C[C@H](CO)[C@H]2O[C@@](O)(C(=O)C(=O)N3CCCC[C@H]3C(=O)O[C@H](/C(C)=C/[C@@H]3CC[C@@H](O)[C@H](OC)C3)[C@H](C)[C@@H](O)C/C1=N\OCC(=O)O)[C@H](C)C[C@@H]2CO. The molecular weight excluding hydrogens is 805 g/mol. The van der Waals surface area contributed by atoms with Gasteiger partial charge in [-0.05, 0) is 95.5 Å². The Labute approximate surface area is 366 Å². The summed E-state index contributed by atoms with van der Waals surface area (Å²) in [6.45, 7) is 9.69. The Morgan fingerprint density at radius 3 is 2.34 bits per heavy atom. The van der Waals surface area contributed by atoms with Crippen LogP contribution in [0.25, 0.3) is 0 Å². The van der Waals surface area contributed by atoms with Crippen molar-refractivity contribution in [2.75, 3.05) is 33.5 Å². The number of Topliss-reactive ketones (excluding diaryl/α,β-unsaturated/α-hetero) is 1. The Kier molecular flexibility index (Phi) is 19.6. The van der Waals surface area contributed by atoms with Crippen LogP contribution < -0.4 is 0 Å². The highest BCUT2D eigenvalue weighted by atomic mass is 16.6. The number of rotatable bonds is 10. The van der Waals surface area contributed by atoms with E-state index in [2.05, 4.69) is 5.16 Å². The van der Waals surface area contributed by atoms with Gasteiger partial charge in [0.25, 0.3) is 11.7 Å². The van der Waals surface area contributed by atoms with Gasteiger partial charge in [0.15, 0.2) is 0 Å². The van der Waals surface area contributed by atoms with Gasteiger partial charge in [0.1, 0.15) is 12.1 Å². The lowest BCUT2D eigenvalue weighted by Gasteiger charge is -2.47. The molecule has 62 heavy (non-hydrogen) atoms. The Morgan fingerprint density at radius 1 is 1.00 bits per heavy atom. The highest BCUT2D eigenvalue weighted by Gasteiger charge is 2.56. The summed E-state index contributed by atoms with van der Waals surface area (Å²) in [6.07, 6.45) is 4.99. The van der Waals surface area contributed by atoms with Crippen molar-refractivity contribution in [3.05, 3.63) is 23.3 Å². The van der Waals surface area contributed by atoms with Gasteiger partial charge in [0, 0.05) is 62.9 Å². The maximum absolute atomic E-state index is 14.5. The molecule has 14 atom stereocenters. The molecule has 1 amide bonds. The Bertz CT molecular complexity index is 1620. The summed E-state index contributed by atoms with van der Waals surface area (Å²) in [4.78, 5) is 61.0. The van der Waals surface area contributed by atoms with Gasteiger partial charge in [-0.1, -0.05) is 57.0 Å². The molecule has 0 aromatic heterocycles. The van der Waals surface area contributed by atoms with Crippen LogP contribution in [0.5, 0.6) is 0 Å². The molecule has 2 saturated heterocycles. The minimum absolute atomic E-state index is 0.0378. The summed E-state index contributed by atoms with van der Waals surface area (Å²) in [5.74, 6) is -10.3. The van der Waals surface area contributed by atoms with E-state index in [9.17, 15) is 49.8 Å². The highest BCUT2D eigenvalue weighted by molar-refractivity contribution is 6.39. The van der Waals surface area contributed by atoms with Crippen molar-refractivity contribution in [3.8, 4) is 0 Å². The zero-order valence-electron chi connectivity index (χ0n) is 37.8. The monoisotopic (exact) mass is 879 g/mol. The molecule has 6 N–H and O–H groups in total. The van der Waals surface area contributed by atoms with E-state index in [0.717, 1.165) is 16.9 Å². The third kappa shape index (κ3) is 12.9. The number of carboxylic acids is 1.